The molecule has 15 rings (SSSR count). The van der Waals surface area contributed by atoms with Crippen LogP contribution in [0.15, 0.2) is 98.6 Å². The summed E-state index contributed by atoms with van der Waals surface area (Å²) in [7, 11) is 3.90. The summed E-state index contributed by atoms with van der Waals surface area (Å²) < 4.78 is 122. The molecule has 604 valence electrons. The van der Waals surface area contributed by atoms with E-state index in [-0.39, 0.29) is 166 Å². The van der Waals surface area contributed by atoms with Crippen molar-refractivity contribution in [2.45, 2.75) is 161 Å². The van der Waals surface area contributed by atoms with Crippen LogP contribution in [0.1, 0.15) is 156 Å². The number of hydrogen-bond donors (Lipinski definition) is 3. The van der Waals surface area contributed by atoms with Crippen LogP contribution in [0.3, 0.4) is 0 Å². The number of Topliss-reactive ketones (excluding diaryl/α,β-unsaturated/α-hetero) is 2. The number of nitrogens with zero attached hydrogens (tertiary/aromatic N) is 9. The van der Waals surface area contributed by atoms with Crippen molar-refractivity contribution < 1.29 is 103 Å². The van der Waals surface area contributed by atoms with E-state index in [4.69, 9.17) is 50.6 Å². The van der Waals surface area contributed by atoms with Gasteiger partial charge in [-0.1, -0.05) is 18.2 Å². The molecule has 5 amide bonds. The number of aliphatic hydroxyl groups excluding tert-OH is 1. The molecule has 4 saturated heterocycles. The Morgan fingerprint density at radius 3 is 1.11 bits per heavy atom. The highest BCUT2D eigenvalue weighted by atomic mass is 19.2. The Labute approximate surface area is 645 Å². The summed E-state index contributed by atoms with van der Waals surface area (Å²) in [6.45, 7) is 17.6. The number of aromatic hydroxyl groups is 1. The summed E-state index contributed by atoms with van der Waals surface area (Å²) >= 11 is 0. The molecule has 0 radical (unpaired) electrons. The Morgan fingerprint density at radius 1 is 0.465 bits per heavy atom. The number of halogens is 6. The van der Waals surface area contributed by atoms with Gasteiger partial charge in [0.25, 0.3) is 35.2 Å². The molecule has 0 saturated carbocycles. The zero-order chi connectivity index (χ0) is 82.6. The minimum Gasteiger partial charge on any atom is -0.503 e. The number of aromatic nitrogens is 4. The predicted molar refractivity (Wildman–Crippen MR) is 389 cm³/mol. The standard InChI is InChI=1S/C22H22F2N2O5.C21H20F2N2O5.C14H17N3O5.C14H15N3O4.C7H6F2O/c1-12-7-8-31-18-11-25-10-15(20(28)21(30-2)19(25)22(29)26(12)18)17(27)6-4-13-3-5-14(23)9-16(13)24;1-11-6-7-30-17-10-24-9-14(19(27)20(28)18(24)21(29)25(11)17)16(26)5-3-12-2-4-13(22)8-15(12)23;1-7-3-4-22-9-6-16-5-8(13(15)19)11(18)12(21-2)10(16)14(20)17(7)9;1-8-4-5-21-10-7-16-6-9(15-2)12(18)13(20-3)11(16)14(19)17(8)10;8-6-2-1-5(4-10)7(9)3-6/h3,5,9-10,12,18H,4,6-8,11H2,1-2H3;2,4,8-9,11,17,28H,3,5-7,10H2,1H3;5,7,9H,3-4,6H2,1-2H3,(H2,15,19);6,8,10H,4-5,7H2,1,3H3;1-3,10H,4H2/t12-,18+;11-,17+;7-,9+;8-,10+;/m1111./s1. The highest BCUT2D eigenvalue weighted by Gasteiger charge is 2.46. The number of carbonyl (C=O) groups is 7. The number of hydrogen-bond acceptors (Lipinski definition) is 20. The molecule has 30 nitrogen and oxygen atoms in total. The van der Waals surface area contributed by atoms with E-state index in [1.807, 2.05) is 27.7 Å². The Hall–Kier alpha value is -11.8. The summed E-state index contributed by atoms with van der Waals surface area (Å²) in [5, 5.41) is 18.9. The molecule has 8 aliphatic rings. The zero-order valence-electron chi connectivity index (χ0n) is 62.8. The normalized spacial score (nSPS) is 20.8. The first-order valence-corrected chi connectivity index (χ1v) is 36.2. The van der Waals surface area contributed by atoms with Crippen LogP contribution >= 0.6 is 0 Å². The van der Waals surface area contributed by atoms with Crippen LogP contribution in [0.5, 0.6) is 23.0 Å². The number of fused-ring (bicyclic) bond motifs is 8. The lowest BCUT2D eigenvalue weighted by molar-refractivity contribution is -0.112. The fourth-order valence-electron chi connectivity index (χ4n) is 14.7. The van der Waals surface area contributed by atoms with Gasteiger partial charge in [0, 0.05) is 85.6 Å². The van der Waals surface area contributed by atoms with Crippen molar-refractivity contribution in [3.8, 4) is 23.0 Å². The van der Waals surface area contributed by atoms with Crippen molar-refractivity contribution in [3.05, 3.63) is 223 Å². The average molecular weight is 1590 g/mol. The summed E-state index contributed by atoms with van der Waals surface area (Å²) in [5.41, 5.74) is 2.37. The van der Waals surface area contributed by atoms with Crippen LogP contribution in [0.2, 0.25) is 0 Å². The van der Waals surface area contributed by atoms with E-state index in [9.17, 15) is 84.2 Å². The third kappa shape index (κ3) is 16.7. The van der Waals surface area contributed by atoms with E-state index in [1.165, 1.54) is 82.9 Å². The number of aryl methyl sites for hydroxylation is 2. The van der Waals surface area contributed by atoms with Gasteiger partial charge in [0.2, 0.25) is 21.7 Å². The van der Waals surface area contributed by atoms with E-state index in [2.05, 4.69) is 4.85 Å². The molecule has 12 heterocycles. The first kappa shape index (κ1) is 83.2. The number of rotatable bonds is 13. The highest BCUT2D eigenvalue weighted by molar-refractivity contribution is 6.02. The molecule has 4 N–H and O–H groups in total. The molecule has 4 fully saturated rings. The summed E-state index contributed by atoms with van der Waals surface area (Å²) in [4.78, 5) is 148. The number of amides is 5. The van der Waals surface area contributed by atoms with Crippen LogP contribution < -0.4 is 41.7 Å². The van der Waals surface area contributed by atoms with Crippen molar-refractivity contribution in [1.82, 2.24) is 37.9 Å². The number of ether oxygens (including phenoxy) is 7. The Bertz CT molecular complexity index is 5300. The molecule has 0 spiro atoms. The molecule has 0 unspecified atom stereocenters. The van der Waals surface area contributed by atoms with Gasteiger partial charge < -0.3 is 87.0 Å². The van der Waals surface area contributed by atoms with Gasteiger partial charge in [-0.25, -0.2) is 31.2 Å². The number of aliphatic hydroxyl groups is 1. The number of methoxy groups -OCH3 is 3. The van der Waals surface area contributed by atoms with E-state index < -0.39 is 111 Å². The number of ketones is 2. The summed E-state index contributed by atoms with van der Waals surface area (Å²) in [5.74, 6) is -9.01. The second-order valence-electron chi connectivity index (χ2n) is 27.8. The molecule has 8 atom stereocenters. The van der Waals surface area contributed by atoms with E-state index in [0.29, 0.717) is 52.4 Å². The lowest BCUT2D eigenvalue weighted by Gasteiger charge is -2.44. The Balaban J connectivity index is 0.000000145. The second-order valence-corrected chi connectivity index (χ2v) is 27.8. The van der Waals surface area contributed by atoms with Gasteiger partial charge in [-0.15, -0.1) is 0 Å². The van der Waals surface area contributed by atoms with Crippen LogP contribution in [0.25, 0.3) is 4.85 Å². The molecular formula is C78H80F6N10O20. The van der Waals surface area contributed by atoms with Crippen molar-refractivity contribution in [1.29, 1.82) is 0 Å². The molecule has 8 aliphatic heterocycles. The molecule has 7 aromatic rings. The third-order valence-corrected chi connectivity index (χ3v) is 20.7. The average Bonchev–Trinajstić information content (AvgIpc) is 1.15. The molecule has 0 aliphatic carbocycles. The van der Waals surface area contributed by atoms with Crippen LogP contribution in [-0.2, 0) is 64.6 Å². The number of carbonyl (C=O) groups excluding carboxylic acids is 7. The van der Waals surface area contributed by atoms with E-state index in [0.717, 1.165) is 49.2 Å². The van der Waals surface area contributed by atoms with Gasteiger partial charge in [0.15, 0.2) is 82.3 Å². The summed E-state index contributed by atoms with van der Waals surface area (Å²) in [6, 6.07) is 9.15. The lowest BCUT2D eigenvalue weighted by atomic mass is 10.0. The zero-order valence-corrected chi connectivity index (χ0v) is 62.8. The van der Waals surface area contributed by atoms with Crippen molar-refractivity contribution in [2.24, 2.45) is 5.73 Å². The SMILES string of the molecule is COc1c2n(cc(C(=O)CCc3ccc(F)cc3F)c1=O)C[C@@H]1OCC[C@@H](C)N1C2=O.COc1c2n(cc(C(N)=O)c1=O)C[C@@H]1OCC[C@@H](C)N1C2=O.C[C@@H]1CCO[C@H]2Cn3cc(C(=O)CCc4ccc(F)cc4F)c(=O)c(O)c3C(=O)N12.OCc1ccc(F)cc1F.[C-]#[N+]c1cn2c(c(OC)c1=O)C(=O)N1[C@H](C)CCO[C@H]1C2. The predicted octanol–water partition coefficient (Wildman–Crippen LogP) is 6.78. The molecular weight excluding hydrogens is 1510 g/mol. The first-order chi connectivity index (χ1) is 54.4. The van der Waals surface area contributed by atoms with Gasteiger partial charge in [-0.3, -0.25) is 52.7 Å². The molecule has 3 aromatic carbocycles. The minimum atomic E-state index is -0.941. The van der Waals surface area contributed by atoms with Crippen LogP contribution in [-0.4, -0.2) is 186 Å². The first-order valence-electron chi connectivity index (χ1n) is 36.2. The molecule has 0 bridgehead atoms. The van der Waals surface area contributed by atoms with Crippen molar-refractivity contribution in [2.75, 3.05) is 47.8 Å². The monoisotopic (exact) mass is 1590 g/mol. The van der Waals surface area contributed by atoms with Crippen LogP contribution in [0, 0.1) is 41.5 Å². The highest BCUT2D eigenvalue weighted by Crippen LogP contribution is 2.35. The van der Waals surface area contributed by atoms with E-state index in [1.54, 1.807) is 19.3 Å². The number of benzene rings is 3. The smallest absolute Gasteiger partial charge is 0.276 e. The van der Waals surface area contributed by atoms with Crippen molar-refractivity contribution >= 4 is 46.8 Å². The van der Waals surface area contributed by atoms with Gasteiger partial charge in [0.1, 0.15) is 40.5 Å². The number of primary amides is 1. The Morgan fingerprint density at radius 2 is 0.772 bits per heavy atom. The van der Waals surface area contributed by atoms with Crippen molar-refractivity contribution in [3.63, 3.8) is 0 Å². The maximum atomic E-state index is 13.9. The Kier molecular flexibility index (Phi) is 25.6. The maximum Gasteiger partial charge on any atom is 0.276 e. The van der Waals surface area contributed by atoms with Gasteiger partial charge in [-0.2, -0.15) is 0 Å². The quantitative estimate of drug-likeness (QED) is 0.0608. The third-order valence-electron chi connectivity index (χ3n) is 20.7. The van der Waals surface area contributed by atoms with Gasteiger partial charge in [0.05, 0.1) is 98.2 Å². The number of pyridine rings is 4. The van der Waals surface area contributed by atoms with Gasteiger partial charge >= 0.3 is 0 Å². The second kappa shape index (κ2) is 35.1. The van der Waals surface area contributed by atoms with Gasteiger partial charge in [-0.05, 0) is 95.5 Å². The maximum absolute atomic E-state index is 13.9. The topological polar surface area (TPSA) is 356 Å². The molecule has 4 aromatic heterocycles. The number of nitrogens with two attached hydrogens (primary N) is 1. The van der Waals surface area contributed by atoms with Crippen LogP contribution in [0.4, 0.5) is 32.0 Å². The molecule has 36 heteroatoms. The fourth-order valence-corrected chi connectivity index (χ4v) is 14.7. The molecule has 114 heavy (non-hydrogen) atoms. The minimum absolute atomic E-state index is 0.00438. The summed E-state index contributed by atoms with van der Waals surface area (Å²) in [6.07, 6.45) is 5.90. The fraction of sp³-hybridized carbons (Fsp3) is 0.410. The lowest BCUT2D eigenvalue weighted by Crippen LogP contribution is -2.57. The largest absolute Gasteiger partial charge is 0.503 e. The van der Waals surface area contributed by atoms with E-state index >= 15 is 0 Å².